The fourth-order valence-electron chi connectivity index (χ4n) is 1.45. The van der Waals surface area contributed by atoms with Gasteiger partial charge in [-0.2, -0.15) is 0 Å². The van der Waals surface area contributed by atoms with Gasteiger partial charge in [0, 0.05) is 31.3 Å². The Bertz CT molecular complexity index is 443. The minimum Gasteiger partial charge on any atom is -0.491 e. The molecule has 0 fully saturated rings. The highest BCUT2D eigenvalue weighted by molar-refractivity contribution is 6.32. The van der Waals surface area contributed by atoms with Gasteiger partial charge in [0.1, 0.15) is 5.75 Å². The van der Waals surface area contributed by atoms with Crippen molar-refractivity contribution in [2.24, 2.45) is 0 Å². The minimum atomic E-state index is -1.01. The predicted molar refractivity (Wildman–Crippen MR) is 74.7 cm³/mol. The molecule has 1 rings (SSSR count). The van der Waals surface area contributed by atoms with Gasteiger partial charge < -0.3 is 14.6 Å². The predicted octanol–water partition coefficient (Wildman–Crippen LogP) is 3.24. The number of halogens is 1. The number of aliphatic carboxylic acids is 1. The second-order valence-electron chi connectivity index (χ2n) is 3.73. The summed E-state index contributed by atoms with van der Waals surface area (Å²) in [5.74, 6) is -0.513. The van der Waals surface area contributed by atoms with Gasteiger partial charge in [0.15, 0.2) is 0 Å². The van der Waals surface area contributed by atoms with E-state index in [2.05, 4.69) is 0 Å². The number of hydrogen-bond donors (Lipinski definition) is 1. The van der Waals surface area contributed by atoms with E-state index >= 15 is 0 Å². The first-order valence-electron chi connectivity index (χ1n) is 6.05. The number of rotatable bonds is 8. The Labute approximate surface area is 117 Å². The van der Waals surface area contributed by atoms with Crippen LogP contribution in [0, 0.1) is 0 Å². The summed E-state index contributed by atoms with van der Waals surface area (Å²) in [6.45, 7) is 3.71. The fraction of sp³-hybridized carbons (Fsp3) is 0.357. The average molecular weight is 285 g/mol. The number of hydrogen-bond acceptors (Lipinski definition) is 3. The molecule has 19 heavy (non-hydrogen) atoms. The first kappa shape index (κ1) is 15.5. The van der Waals surface area contributed by atoms with Gasteiger partial charge in [-0.05, 0) is 19.1 Å². The Hall–Kier alpha value is -1.52. The lowest BCUT2D eigenvalue weighted by molar-refractivity contribution is -0.131. The molecule has 1 aromatic carbocycles. The minimum absolute atomic E-state index is 0.462. The molecule has 5 heteroatoms. The van der Waals surface area contributed by atoms with Crippen LogP contribution in [0.2, 0.25) is 5.02 Å². The fourth-order valence-corrected chi connectivity index (χ4v) is 1.69. The van der Waals surface area contributed by atoms with Gasteiger partial charge in [0.2, 0.25) is 0 Å². The number of carboxylic acid groups (broad SMARTS) is 1. The van der Waals surface area contributed by atoms with Crippen LogP contribution in [-0.2, 0) is 9.53 Å². The summed E-state index contributed by atoms with van der Waals surface area (Å²) in [5.41, 5.74) is 0.645. The Morgan fingerprint density at radius 1 is 1.42 bits per heavy atom. The summed E-state index contributed by atoms with van der Waals surface area (Å²) in [6, 6.07) is 5.21. The van der Waals surface area contributed by atoms with Crippen molar-refractivity contribution >= 4 is 23.6 Å². The van der Waals surface area contributed by atoms with Crippen LogP contribution in [0.1, 0.15) is 18.9 Å². The number of benzene rings is 1. The van der Waals surface area contributed by atoms with Gasteiger partial charge >= 0.3 is 5.97 Å². The van der Waals surface area contributed by atoms with E-state index < -0.39 is 5.97 Å². The molecule has 0 aromatic heterocycles. The van der Waals surface area contributed by atoms with Crippen LogP contribution in [-0.4, -0.2) is 30.9 Å². The lowest BCUT2D eigenvalue weighted by Gasteiger charge is -2.11. The third-order valence-electron chi connectivity index (χ3n) is 2.29. The van der Waals surface area contributed by atoms with Crippen LogP contribution in [0.25, 0.3) is 6.08 Å². The van der Waals surface area contributed by atoms with E-state index in [1.54, 1.807) is 18.2 Å². The summed E-state index contributed by atoms with van der Waals surface area (Å²) in [6.07, 6.45) is 3.27. The van der Waals surface area contributed by atoms with Gasteiger partial charge in [0.25, 0.3) is 0 Å². The van der Waals surface area contributed by atoms with Gasteiger partial charge in [-0.15, -0.1) is 0 Å². The topological polar surface area (TPSA) is 55.8 Å². The standard InChI is InChI=1S/C14H17ClO4/c1-2-18-9-4-10-19-14-11(7-8-13(16)17)5-3-6-12(14)15/h3,5-8H,2,4,9-10H2,1H3,(H,16,17)/b8-7+. The lowest BCUT2D eigenvalue weighted by atomic mass is 10.2. The van der Waals surface area contributed by atoms with Crippen molar-refractivity contribution in [2.45, 2.75) is 13.3 Å². The third-order valence-corrected chi connectivity index (χ3v) is 2.58. The highest BCUT2D eigenvalue weighted by Gasteiger charge is 2.06. The van der Waals surface area contributed by atoms with Gasteiger partial charge in [-0.3, -0.25) is 0 Å². The third kappa shape index (κ3) is 5.77. The largest absolute Gasteiger partial charge is 0.491 e. The monoisotopic (exact) mass is 284 g/mol. The molecule has 0 saturated heterocycles. The molecule has 0 saturated carbocycles. The maximum Gasteiger partial charge on any atom is 0.328 e. The molecule has 0 spiro atoms. The highest BCUT2D eigenvalue weighted by Crippen LogP contribution is 2.29. The zero-order chi connectivity index (χ0) is 14.1. The zero-order valence-corrected chi connectivity index (χ0v) is 11.5. The van der Waals surface area contributed by atoms with Crippen molar-refractivity contribution in [3.8, 4) is 5.75 Å². The number of ether oxygens (including phenoxy) is 2. The van der Waals surface area contributed by atoms with Crippen LogP contribution >= 0.6 is 11.6 Å². The molecule has 0 unspecified atom stereocenters. The summed E-state index contributed by atoms with van der Waals surface area (Å²) in [4.78, 5) is 10.5. The van der Waals surface area contributed by atoms with E-state index in [-0.39, 0.29) is 0 Å². The quantitative estimate of drug-likeness (QED) is 0.588. The average Bonchev–Trinajstić information content (AvgIpc) is 2.38. The van der Waals surface area contributed by atoms with Gasteiger partial charge in [-0.25, -0.2) is 4.79 Å². The van der Waals surface area contributed by atoms with E-state index in [1.807, 2.05) is 6.92 Å². The molecule has 0 aliphatic rings. The molecule has 1 aromatic rings. The van der Waals surface area contributed by atoms with Crippen molar-refractivity contribution in [3.63, 3.8) is 0 Å². The molecule has 104 valence electrons. The van der Waals surface area contributed by atoms with Crippen molar-refractivity contribution in [1.29, 1.82) is 0 Å². The SMILES string of the molecule is CCOCCCOc1c(Cl)cccc1/C=C/C(=O)O. The first-order chi connectivity index (χ1) is 9.15. The van der Waals surface area contributed by atoms with Crippen LogP contribution in [0.5, 0.6) is 5.75 Å². The van der Waals surface area contributed by atoms with Crippen LogP contribution in [0.3, 0.4) is 0 Å². The maximum absolute atomic E-state index is 10.5. The molecular formula is C14H17ClO4. The molecule has 0 radical (unpaired) electrons. The molecule has 4 nitrogen and oxygen atoms in total. The molecular weight excluding hydrogens is 268 g/mol. The smallest absolute Gasteiger partial charge is 0.328 e. The Morgan fingerprint density at radius 3 is 2.89 bits per heavy atom. The summed E-state index contributed by atoms with van der Waals surface area (Å²) < 4.78 is 10.8. The lowest BCUT2D eigenvalue weighted by Crippen LogP contribution is -2.04. The van der Waals surface area contributed by atoms with E-state index in [4.69, 9.17) is 26.2 Å². The second-order valence-corrected chi connectivity index (χ2v) is 4.14. The molecule has 0 atom stereocenters. The molecule has 0 amide bonds. The summed E-state index contributed by atoms with van der Waals surface area (Å²) in [7, 11) is 0. The first-order valence-corrected chi connectivity index (χ1v) is 6.43. The van der Waals surface area contributed by atoms with E-state index in [9.17, 15) is 4.79 Å². The second kappa shape index (κ2) is 8.56. The van der Waals surface area contributed by atoms with Crippen molar-refractivity contribution in [1.82, 2.24) is 0 Å². The molecule has 0 aliphatic heterocycles. The maximum atomic E-state index is 10.5. The van der Waals surface area contributed by atoms with Crippen molar-refractivity contribution in [2.75, 3.05) is 19.8 Å². The Balaban J connectivity index is 2.66. The number of carbonyl (C=O) groups is 1. The number of carboxylic acids is 1. The molecule has 0 bridgehead atoms. The highest BCUT2D eigenvalue weighted by atomic mass is 35.5. The van der Waals surface area contributed by atoms with Gasteiger partial charge in [-0.1, -0.05) is 23.7 Å². The van der Waals surface area contributed by atoms with Crippen LogP contribution < -0.4 is 4.74 Å². The van der Waals surface area contributed by atoms with E-state index in [1.165, 1.54) is 6.08 Å². The summed E-state index contributed by atoms with van der Waals surface area (Å²) in [5, 5.41) is 9.09. The Kier molecular flexibility index (Phi) is 7.00. The number of para-hydroxylation sites is 1. The normalized spacial score (nSPS) is 10.8. The van der Waals surface area contributed by atoms with Crippen molar-refractivity contribution < 1.29 is 19.4 Å². The van der Waals surface area contributed by atoms with Crippen LogP contribution in [0.15, 0.2) is 24.3 Å². The van der Waals surface area contributed by atoms with E-state index in [0.717, 1.165) is 12.5 Å². The van der Waals surface area contributed by atoms with E-state index in [0.29, 0.717) is 36.2 Å². The Morgan fingerprint density at radius 2 is 2.21 bits per heavy atom. The zero-order valence-electron chi connectivity index (χ0n) is 10.8. The van der Waals surface area contributed by atoms with Crippen LogP contribution in [0.4, 0.5) is 0 Å². The molecule has 0 heterocycles. The summed E-state index contributed by atoms with van der Waals surface area (Å²) >= 11 is 6.05. The molecule has 1 N–H and O–H groups in total. The van der Waals surface area contributed by atoms with Crippen molar-refractivity contribution in [3.05, 3.63) is 34.9 Å². The van der Waals surface area contributed by atoms with Gasteiger partial charge in [0.05, 0.1) is 11.6 Å². The molecule has 0 aliphatic carbocycles.